The van der Waals surface area contributed by atoms with Crippen LogP contribution in [0.3, 0.4) is 0 Å². The standard InChI is InChI=1S/C14H15ClN2O3S/c1-4-12-16-13(15)9(2)14(17-12)20-10-5-7-11(8-6-10)21(3,18)19/h5-8H,4H2,1-3H3. The summed E-state index contributed by atoms with van der Waals surface area (Å²) in [6.45, 7) is 3.69. The van der Waals surface area contributed by atoms with Gasteiger partial charge in [0, 0.05) is 18.2 Å². The third-order valence-electron chi connectivity index (χ3n) is 2.87. The van der Waals surface area contributed by atoms with Gasteiger partial charge in [0.15, 0.2) is 9.84 Å². The molecular formula is C14H15ClN2O3S. The molecule has 0 fully saturated rings. The summed E-state index contributed by atoms with van der Waals surface area (Å²) >= 11 is 6.04. The molecule has 1 aromatic heterocycles. The van der Waals surface area contributed by atoms with E-state index in [9.17, 15) is 8.42 Å². The van der Waals surface area contributed by atoms with E-state index < -0.39 is 9.84 Å². The van der Waals surface area contributed by atoms with E-state index in [1.807, 2.05) is 6.92 Å². The summed E-state index contributed by atoms with van der Waals surface area (Å²) in [6.07, 6.45) is 1.80. The van der Waals surface area contributed by atoms with Crippen molar-refractivity contribution in [3.63, 3.8) is 0 Å². The number of rotatable bonds is 4. The van der Waals surface area contributed by atoms with Crippen molar-refractivity contribution in [2.45, 2.75) is 25.2 Å². The predicted octanol–water partition coefficient (Wildman–Crippen LogP) is 3.20. The summed E-state index contributed by atoms with van der Waals surface area (Å²) in [5.41, 5.74) is 0.640. The first-order chi connectivity index (χ1) is 9.81. The van der Waals surface area contributed by atoms with Gasteiger partial charge in [0.2, 0.25) is 5.88 Å². The molecule has 2 aromatic rings. The first kappa shape index (κ1) is 15.7. The van der Waals surface area contributed by atoms with E-state index >= 15 is 0 Å². The van der Waals surface area contributed by atoms with Crippen molar-refractivity contribution in [3.05, 3.63) is 40.8 Å². The smallest absolute Gasteiger partial charge is 0.226 e. The zero-order valence-electron chi connectivity index (χ0n) is 11.9. The minimum atomic E-state index is -3.22. The Morgan fingerprint density at radius 3 is 2.33 bits per heavy atom. The largest absolute Gasteiger partial charge is 0.439 e. The Kier molecular flexibility index (Phi) is 4.49. The van der Waals surface area contributed by atoms with Crippen molar-refractivity contribution in [1.29, 1.82) is 0 Å². The van der Waals surface area contributed by atoms with Crippen LogP contribution < -0.4 is 4.74 Å². The second kappa shape index (κ2) is 5.99. The molecule has 0 spiro atoms. The lowest BCUT2D eigenvalue weighted by atomic mass is 10.3. The minimum Gasteiger partial charge on any atom is -0.439 e. The number of aromatic nitrogens is 2. The summed E-state index contributed by atoms with van der Waals surface area (Å²) < 4.78 is 28.5. The molecule has 0 radical (unpaired) electrons. The summed E-state index contributed by atoms with van der Waals surface area (Å²) in [4.78, 5) is 8.65. The van der Waals surface area contributed by atoms with E-state index in [0.29, 0.717) is 34.6 Å². The number of aryl methyl sites for hydroxylation is 1. The van der Waals surface area contributed by atoms with E-state index in [4.69, 9.17) is 16.3 Å². The molecule has 21 heavy (non-hydrogen) atoms. The molecule has 0 aliphatic rings. The van der Waals surface area contributed by atoms with Crippen LogP contribution in [-0.2, 0) is 16.3 Å². The molecule has 0 bridgehead atoms. The third-order valence-corrected chi connectivity index (χ3v) is 4.37. The minimum absolute atomic E-state index is 0.238. The molecule has 0 atom stereocenters. The zero-order valence-corrected chi connectivity index (χ0v) is 13.5. The highest BCUT2D eigenvalue weighted by Gasteiger charge is 2.12. The van der Waals surface area contributed by atoms with Crippen molar-refractivity contribution >= 4 is 21.4 Å². The number of nitrogens with zero attached hydrogens (tertiary/aromatic N) is 2. The van der Waals surface area contributed by atoms with Gasteiger partial charge in [-0.05, 0) is 31.2 Å². The molecule has 7 heteroatoms. The molecule has 2 rings (SSSR count). The number of hydrogen-bond donors (Lipinski definition) is 0. The van der Waals surface area contributed by atoms with Gasteiger partial charge in [0.25, 0.3) is 0 Å². The van der Waals surface area contributed by atoms with Crippen LogP contribution in [0.4, 0.5) is 0 Å². The predicted molar refractivity (Wildman–Crippen MR) is 80.8 cm³/mol. The molecule has 0 N–H and O–H groups in total. The van der Waals surface area contributed by atoms with E-state index in [2.05, 4.69) is 9.97 Å². The van der Waals surface area contributed by atoms with Gasteiger partial charge in [-0.15, -0.1) is 0 Å². The van der Waals surface area contributed by atoms with Gasteiger partial charge in [0.1, 0.15) is 16.7 Å². The maximum absolute atomic E-state index is 11.4. The monoisotopic (exact) mass is 326 g/mol. The van der Waals surface area contributed by atoms with Gasteiger partial charge >= 0.3 is 0 Å². The van der Waals surface area contributed by atoms with Crippen molar-refractivity contribution < 1.29 is 13.2 Å². The first-order valence-corrected chi connectivity index (χ1v) is 8.59. The molecule has 0 aliphatic heterocycles. The molecule has 0 saturated heterocycles. The SMILES string of the molecule is CCc1nc(Cl)c(C)c(Oc2ccc(S(C)(=O)=O)cc2)n1. The molecule has 1 heterocycles. The Morgan fingerprint density at radius 2 is 1.81 bits per heavy atom. The van der Waals surface area contributed by atoms with Gasteiger partial charge in [-0.25, -0.2) is 13.4 Å². The molecule has 0 aliphatic carbocycles. The Morgan fingerprint density at radius 1 is 1.19 bits per heavy atom. The molecule has 0 amide bonds. The highest BCUT2D eigenvalue weighted by atomic mass is 35.5. The molecular weight excluding hydrogens is 312 g/mol. The lowest BCUT2D eigenvalue weighted by Crippen LogP contribution is -2.00. The summed E-state index contributed by atoms with van der Waals surface area (Å²) in [5, 5.41) is 0.351. The molecule has 112 valence electrons. The lowest BCUT2D eigenvalue weighted by molar-refractivity contribution is 0.454. The van der Waals surface area contributed by atoms with Crippen LogP contribution in [0, 0.1) is 6.92 Å². The van der Waals surface area contributed by atoms with Gasteiger partial charge in [-0.1, -0.05) is 18.5 Å². The van der Waals surface area contributed by atoms with Crippen LogP contribution in [0.25, 0.3) is 0 Å². The van der Waals surface area contributed by atoms with E-state index in [0.717, 1.165) is 6.26 Å². The van der Waals surface area contributed by atoms with Crippen LogP contribution in [0.2, 0.25) is 5.15 Å². The van der Waals surface area contributed by atoms with Crippen molar-refractivity contribution in [3.8, 4) is 11.6 Å². The topological polar surface area (TPSA) is 69.2 Å². The normalized spacial score (nSPS) is 11.4. The van der Waals surface area contributed by atoms with Crippen molar-refractivity contribution in [2.24, 2.45) is 0 Å². The fourth-order valence-corrected chi connectivity index (χ4v) is 2.44. The van der Waals surface area contributed by atoms with Crippen LogP contribution in [-0.4, -0.2) is 24.6 Å². The Balaban J connectivity index is 2.32. The Bertz CT molecular complexity index is 759. The fraction of sp³-hybridized carbons (Fsp3) is 0.286. The number of hydrogen-bond acceptors (Lipinski definition) is 5. The van der Waals surface area contributed by atoms with Crippen LogP contribution in [0.15, 0.2) is 29.2 Å². The van der Waals surface area contributed by atoms with E-state index in [1.165, 1.54) is 12.1 Å². The zero-order chi connectivity index (χ0) is 15.6. The fourth-order valence-electron chi connectivity index (χ4n) is 1.64. The first-order valence-electron chi connectivity index (χ1n) is 6.32. The van der Waals surface area contributed by atoms with Gasteiger partial charge in [-0.2, -0.15) is 4.98 Å². The summed E-state index contributed by atoms with van der Waals surface area (Å²) in [5.74, 6) is 1.45. The van der Waals surface area contributed by atoms with Gasteiger partial charge in [-0.3, -0.25) is 0 Å². The highest BCUT2D eigenvalue weighted by molar-refractivity contribution is 7.90. The summed E-state index contributed by atoms with van der Waals surface area (Å²) in [7, 11) is -3.22. The highest BCUT2D eigenvalue weighted by Crippen LogP contribution is 2.27. The van der Waals surface area contributed by atoms with Crippen molar-refractivity contribution in [2.75, 3.05) is 6.26 Å². The number of halogens is 1. The maximum atomic E-state index is 11.4. The van der Waals surface area contributed by atoms with Crippen LogP contribution >= 0.6 is 11.6 Å². The number of sulfone groups is 1. The average molecular weight is 327 g/mol. The quantitative estimate of drug-likeness (QED) is 0.807. The second-order valence-electron chi connectivity index (χ2n) is 4.56. The number of ether oxygens (including phenoxy) is 1. The average Bonchev–Trinajstić information content (AvgIpc) is 2.43. The van der Waals surface area contributed by atoms with Crippen molar-refractivity contribution in [1.82, 2.24) is 9.97 Å². The van der Waals surface area contributed by atoms with E-state index in [1.54, 1.807) is 19.1 Å². The molecule has 0 unspecified atom stereocenters. The van der Waals surface area contributed by atoms with Gasteiger partial charge in [0.05, 0.1) is 4.90 Å². The van der Waals surface area contributed by atoms with Gasteiger partial charge < -0.3 is 4.74 Å². The van der Waals surface area contributed by atoms with E-state index in [-0.39, 0.29) is 4.90 Å². The Labute approximate surface area is 128 Å². The number of benzene rings is 1. The Hall–Kier alpha value is -1.66. The maximum Gasteiger partial charge on any atom is 0.226 e. The molecule has 1 aromatic carbocycles. The van der Waals surface area contributed by atoms with Crippen LogP contribution in [0.5, 0.6) is 11.6 Å². The third kappa shape index (κ3) is 3.71. The lowest BCUT2D eigenvalue weighted by Gasteiger charge is -2.10. The molecule has 5 nitrogen and oxygen atoms in total. The second-order valence-corrected chi connectivity index (χ2v) is 6.93. The summed E-state index contributed by atoms with van der Waals surface area (Å²) in [6, 6.07) is 6.14. The van der Waals surface area contributed by atoms with Crippen LogP contribution in [0.1, 0.15) is 18.3 Å². The molecule has 0 saturated carbocycles.